The fourth-order valence-corrected chi connectivity index (χ4v) is 1.55. The van der Waals surface area contributed by atoms with Gasteiger partial charge in [0.25, 0.3) is 0 Å². The molecule has 2 aromatic rings. The number of halogens is 2. The van der Waals surface area contributed by atoms with E-state index in [1.807, 2.05) is 0 Å². The van der Waals surface area contributed by atoms with Crippen molar-refractivity contribution in [2.75, 3.05) is 0 Å². The maximum atomic E-state index is 13.5. The van der Waals surface area contributed by atoms with Gasteiger partial charge in [0.2, 0.25) is 0 Å². The van der Waals surface area contributed by atoms with Gasteiger partial charge in [0.1, 0.15) is 11.6 Å². The summed E-state index contributed by atoms with van der Waals surface area (Å²) in [5.74, 6) is -2.79. The van der Waals surface area contributed by atoms with E-state index in [1.54, 1.807) is 0 Å². The molecule has 0 amide bonds. The normalized spacial score (nSPS) is 10.5. The van der Waals surface area contributed by atoms with E-state index in [2.05, 4.69) is 5.10 Å². The molecule has 1 N–H and O–H groups in total. The summed E-state index contributed by atoms with van der Waals surface area (Å²) in [6, 6.07) is 2.96. The lowest BCUT2D eigenvalue weighted by molar-refractivity contribution is 0.0690. The van der Waals surface area contributed by atoms with Crippen molar-refractivity contribution in [2.24, 2.45) is 7.05 Å². The highest BCUT2D eigenvalue weighted by atomic mass is 19.1. The molecule has 0 saturated carbocycles. The molecule has 0 fully saturated rings. The molecule has 0 bridgehead atoms. The molecule has 17 heavy (non-hydrogen) atoms. The monoisotopic (exact) mass is 238 g/mol. The SMILES string of the molecule is Cn1cc(-c2ccc(F)cc2F)c(C(=O)O)n1. The fraction of sp³-hybridized carbons (Fsp3) is 0.0909. The Balaban J connectivity index is 2.63. The maximum absolute atomic E-state index is 13.5. The Morgan fingerprint density at radius 1 is 1.35 bits per heavy atom. The first-order valence-corrected chi connectivity index (χ1v) is 4.71. The zero-order valence-corrected chi connectivity index (χ0v) is 8.82. The molecule has 88 valence electrons. The molecule has 6 heteroatoms. The van der Waals surface area contributed by atoms with Crippen LogP contribution in [0, 0.1) is 11.6 Å². The molecule has 1 heterocycles. The Morgan fingerprint density at radius 2 is 2.06 bits per heavy atom. The second kappa shape index (κ2) is 3.97. The van der Waals surface area contributed by atoms with Crippen LogP contribution in [0.2, 0.25) is 0 Å². The van der Waals surface area contributed by atoms with Crippen LogP contribution in [0.15, 0.2) is 24.4 Å². The Morgan fingerprint density at radius 3 is 2.65 bits per heavy atom. The highest BCUT2D eigenvalue weighted by Crippen LogP contribution is 2.26. The number of rotatable bonds is 2. The Hall–Kier alpha value is -2.24. The van der Waals surface area contributed by atoms with E-state index in [0.717, 1.165) is 6.07 Å². The van der Waals surface area contributed by atoms with Gasteiger partial charge in [-0.1, -0.05) is 0 Å². The van der Waals surface area contributed by atoms with Crippen LogP contribution in [0.4, 0.5) is 8.78 Å². The molecule has 0 aliphatic heterocycles. The van der Waals surface area contributed by atoms with Gasteiger partial charge in [-0.3, -0.25) is 4.68 Å². The number of benzene rings is 1. The largest absolute Gasteiger partial charge is 0.476 e. The Labute approximate surface area is 95.1 Å². The topological polar surface area (TPSA) is 55.1 Å². The van der Waals surface area contributed by atoms with Gasteiger partial charge in [-0.15, -0.1) is 0 Å². The predicted octanol–water partition coefficient (Wildman–Crippen LogP) is 2.06. The van der Waals surface area contributed by atoms with Crippen LogP contribution >= 0.6 is 0 Å². The first-order chi connectivity index (χ1) is 7.99. The van der Waals surface area contributed by atoms with Crippen molar-refractivity contribution in [3.63, 3.8) is 0 Å². The number of aromatic nitrogens is 2. The van der Waals surface area contributed by atoms with Crippen LogP contribution in [-0.4, -0.2) is 20.9 Å². The van der Waals surface area contributed by atoms with Gasteiger partial charge in [-0.05, 0) is 12.1 Å². The van der Waals surface area contributed by atoms with Gasteiger partial charge < -0.3 is 5.11 Å². The van der Waals surface area contributed by atoms with Crippen molar-refractivity contribution in [1.29, 1.82) is 0 Å². The molecular formula is C11H8F2N2O2. The van der Waals surface area contributed by atoms with Gasteiger partial charge in [0.05, 0.1) is 0 Å². The van der Waals surface area contributed by atoms with Crippen molar-refractivity contribution < 1.29 is 18.7 Å². The van der Waals surface area contributed by atoms with Crippen LogP contribution in [-0.2, 0) is 7.05 Å². The number of nitrogens with zero attached hydrogens (tertiary/aromatic N) is 2. The van der Waals surface area contributed by atoms with Crippen molar-refractivity contribution in [3.05, 3.63) is 41.7 Å². The summed E-state index contributed by atoms with van der Waals surface area (Å²) in [5, 5.41) is 12.6. The molecule has 0 aliphatic carbocycles. The minimum atomic E-state index is -1.26. The summed E-state index contributed by atoms with van der Waals surface area (Å²) < 4.78 is 27.5. The summed E-state index contributed by atoms with van der Waals surface area (Å²) in [4.78, 5) is 10.9. The number of carboxylic acids is 1. The third-order valence-corrected chi connectivity index (χ3v) is 2.25. The summed E-state index contributed by atoms with van der Waals surface area (Å²) in [6.45, 7) is 0. The van der Waals surface area contributed by atoms with E-state index >= 15 is 0 Å². The summed E-state index contributed by atoms with van der Waals surface area (Å²) in [5.41, 5.74) is -0.132. The van der Waals surface area contributed by atoms with Crippen LogP contribution in [0.5, 0.6) is 0 Å². The number of carboxylic acid groups (broad SMARTS) is 1. The number of aryl methyl sites for hydroxylation is 1. The molecular weight excluding hydrogens is 230 g/mol. The first-order valence-electron chi connectivity index (χ1n) is 4.71. The van der Waals surface area contributed by atoms with E-state index in [4.69, 9.17) is 5.11 Å². The lowest BCUT2D eigenvalue weighted by Gasteiger charge is -2.01. The van der Waals surface area contributed by atoms with E-state index < -0.39 is 17.6 Å². The highest BCUT2D eigenvalue weighted by Gasteiger charge is 2.19. The average Bonchev–Trinajstić information content (AvgIpc) is 2.60. The van der Waals surface area contributed by atoms with Crippen molar-refractivity contribution >= 4 is 5.97 Å². The predicted molar refractivity (Wildman–Crippen MR) is 55.5 cm³/mol. The van der Waals surface area contributed by atoms with E-state index in [9.17, 15) is 13.6 Å². The molecule has 0 radical (unpaired) electrons. The molecule has 0 aliphatic rings. The molecule has 1 aromatic carbocycles. The van der Waals surface area contributed by atoms with Crippen LogP contribution in [0.1, 0.15) is 10.5 Å². The molecule has 0 saturated heterocycles. The molecule has 0 atom stereocenters. The van der Waals surface area contributed by atoms with Gasteiger partial charge in [0, 0.05) is 30.4 Å². The summed E-state index contributed by atoms with van der Waals surface area (Å²) in [7, 11) is 1.53. The van der Waals surface area contributed by atoms with Crippen LogP contribution < -0.4 is 0 Å². The van der Waals surface area contributed by atoms with Gasteiger partial charge in [0.15, 0.2) is 5.69 Å². The fourth-order valence-electron chi connectivity index (χ4n) is 1.55. The molecule has 0 spiro atoms. The lowest BCUT2D eigenvalue weighted by atomic mass is 10.1. The Kier molecular flexibility index (Phi) is 2.63. The third kappa shape index (κ3) is 2.01. The first kappa shape index (κ1) is 11.3. The lowest BCUT2D eigenvalue weighted by Crippen LogP contribution is -2.01. The minimum absolute atomic E-state index is 0.0110. The smallest absolute Gasteiger partial charge is 0.357 e. The molecule has 1 aromatic heterocycles. The van der Waals surface area contributed by atoms with E-state index in [1.165, 1.54) is 24.0 Å². The van der Waals surface area contributed by atoms with E-state index in [-0.39, 0.29) is 16.8 Å². The van der Waals surface area contributed by atoms with Crippen molar-refractivity contribution in [3.8, 4) is 11.1 Å². The highest BCUT2D eigenvalue weighted by molar-refractivity contribution is 5.93. The average molecular weight is 238 g/mol. The summed E-state index contributed by atoms with van der Waals surface area (Å²) >= 11 is 0. The number of hydrogen-bond donors (Lipinski definition) is 1. The van der Waals surface area contributed by atoms with Crippen LogP contribution in [0.25, 0.3) is 11.1 Å². The zero-order chi connectivity index (χ0) is 12.6. The van der Waals surface area contributed by atoms with E-state index in [0.29, 0.717) is 6.07 Å². The van der Waals surface area contributed by atoms with Crippen LogP contribution in [0.3, 0.4) is 0 Å². The van der Waals surface area contributed by atoms with Gasteiger partial charge >= 0.3 is 5.97 Å². The number of carbonyl (C=O) groups is 1. The van der Waals surface area contributed by atoms with Gasteiger partial charge in [-0.25, -0.2) is 13.6 Å². The maximum Gasteiger partial charge on any atom is 0.357 e. The Bertz CT molecular complexity index is 593. The third-order valence-electron chi connectivity index (χ3n) is 2.25. The quantitative estimate of drug-likeness (QED) is 0.871. The second-order valence-electron chi connectivity index (χ2n) is 3.49. The molecule has 0 unspecified atom stereocenters. The van der Waals surface area contributed by atoms with Gasteiger partial charge in [-0.2, -0.15) is 5.10 Å². The number of hydrogen-bond acceptors (Lipinski definition) is 2. The molecule has 2 rings (SSSR count). The van der Waals surface area contributed by atoms with Crippen molar-refractivity contribution in [1.82, 2.24) is 9.78 Å². The standard InChI is InChI=1S/C11H8F2N2O2/c1-15-5-8(10(14-15)11(16)17)7-3-2-6(12)4-9(7)13/h2-5H,1H3,(H,16,17). The summed E-state index contributed by atoms with van der Waals surface area (Å²) in [6.07, 6.45) is 1.37. The second-order valence-corrected chi connectivity index (χ2v) is 3.49. The zero-order valence-electron chi connectivity index (χ0n) is 8.82. The molecule has 4 nitrogen and oxygen atoms in total. The van der Waals surface area contributed by atoms with Crippen molar-refractivity contribution in [2.45, 2.75) is 0 Å². The minimum Gasteiger partial charge on any atom is -0.476 e. The number of aromatic carboxylic acids is 1.